The van der Waals surface area contributed by atoms with Gasteiger partial charge in [0.25, 0.3) is 0 Å². The van der Waals surface area contributed by atoms with Gasteiger partial charge in [-0.1, -0.05) is 45.4 Å². The minimum absolute atomic E-state index is 0.406. The van der Waals surface area contributed by atoms with E-state index in [0.717, 1.165) is 21.1 Å². The SMILES string of the molecule is S=c1[nH]nc(Cn2nnc3ccccc32)n1/N=C\c1cccc(Br)c1. The van der Waals surface area contributed by atoms with Gasteiger partial charge in [0.2, 0.25) is 4.77 Å². The van der Waals surface area contributed by atoms with Crippen LogP contribution in [0.15, 0.2) is 58.1 Å². The third-order valence-electron chi connectivity index (χ3n) is 3.60. The molecule has 0 amide bonds. The van der Waals surface area contributed by atoms with Crippen molar-refractivity contribution in [2.45, 2.75) is 6.54 Å². The van der Waals surface area contributed by atoms with Crippen molar-refractivity contribution in [3.8, 4) is 0 Å². The summed E-state index contributed by atoms with van der Waals surface area (Å²) in [4.78, 5) is 0. The topological polar surface area (TPSA) is 76.7 Å². The molecule has 2 aromatic carbocycles. The zero-order valence-corrected chi connectivity index (χ0v) is 15.3. The molecule has 0 saturated heterocycles. The number of H-pyrrole nitrogens is 1. The summed E-state index contributed by atoms with van der Waals surface area (Å²) in [6, 6.07) is 15.6. The minimum Gasteiger partial charge on any atom is -0.250 e. The summed E-state index contributed by atoms with van der Waals surface area (Å²) in [5.74, 6) is 0.645. The van der Waals surface area contributed by atoms with Crippen LogP contribution in [-0.2, 0) is 6.54 Å². The number of halogens is 1. The molecule has 0 radical (unpaired) electrons. The summed E-state index contributed by atoms with van der Waals surface area (Å²) in [6.45, 7) is 0.406. The monoisotopic (exact) mass is 413 g/mol. The van der Waals surface area contributed by atoms with Gasteiger partial charge in [-0.05, 0) is 42.0 Å². The Hall–Kier alpha value is -2.65. The van der Waals surface area contributed by atoms with E-state index in [1.54, 1.807) is 15.6 Å². The van der Waals surface area contributed by atoms with Crippen molar-refractivity contribution >= 4 is 45.4 Å². The van der Waals surface area contributed by atoms with E-state index in [4.69, 9.17) is 12.2 Å². The van der Waals surface area contributed by atoms with E-state index in [0.29, 0.717) is 17.1 Å². The molecule has 124 valence electrons. The summed E-state index contributed by atoms with van der Waals surface area (Å²) in [5, 5.41) is 19.8. The lowest BCUT2D eigenvalue weighted by Gasteiger charge is -2.02. The van der Waals surface area contributed by atoms with Crippen LogP contribution in [0.5, 0.6) is 0 Å². The molecule has 0 bridgehead atoms. The van der Waals surface area contributed by atoms with Crippen LogP contribution in [0.4, 0.5) is 0 Å². The average molecular weight is 414 g/mol. The molecular weight excluding hydrogens is 402 g/mol. The number of nitrogens with one attached hydrogen (secondary N) is 1. The number of hydrogen-bond acceptors (Lipinski definition) is 5. The molecule has 9 heteroatoms. The maximum Gasteiger partial charge on any atom is 0.216 e. The number of benzene rings is 2. The van der Waals surface area contributed by atoms with E-state index in [1.807, 2.05) is 48.5 Å². The Morgan fingerprint density at radius 1 is 1.20 bits per heavy atom. The van der Waals surface area contributed by atoms with Crippen LogP contribution in [0.25, 0.3) is 11.0 Å². The Labute approximate surface area is 156 Å². The minimum atomic E-state index is 0.406. The molecule has 2 heterocycles. The highest BCUT2D eigenvalue weighted by atomic mass is 79.9. The van der Waals surface area contributed by atoms with Crippen molar-refractivity contribution in [1.82, 2.24) is 29.9 Å². The molecule has 7 nitrogen and oxygen atoms in total. The fourth-order valence-electron chi connectivity index (χ4n) is 2.43. The van der Waals surface area contributed by atoms with Gasteiger partial charge in [-0.3, -0.25) is 5.10 Å². The van der Waals surface area contributed by atoms with Gasteiger partial charge in [-0.25, -0.2) is 4.68 Å². The highest BCUT2D eigenvalue weighted by molar-refractivity contribution is 9.10. The third kappa shape index (κ3) is 3.28. The maximum atomic E-state index is 5.28. The summed E-state index contributed by atoms with van der Waals surface area (Å²) >= 11 is 8.73. The summed E-state index contributed by atoms with van der Waals surface area (Å²) in [6.07, 6.45) is 1.74. The van der Waals surface area contributed by atoms with Crippen molar-refractivity contribution in [1.29, 1.82) is 0 Å². The Kier molecular flexibility index (Phi) is 4.24. The lowest BCUT2D eigenvalue weighted by molar-refractivity contribution is 0.617. The average Bonchev–Trinajstić information content (AvgIpc) is 3.18. The molecule has 0 aliphatic rings. The smallest absolute Gasteiger partial charge is 0.216 e. The van der Waals surface area contributed by atoms with Crippen molar-refractivity contribution in [2.75, 3.05) is 0 Å². The van der Waals surface area contributed by atoms with Crippen LogP contribution in [0.3, 0.4) is 0 Å². The maximum absolute atomic E-state index is 5.28. The molecule has 0 unspecified atom stereocenters. The molecule has 25 heavy (non-hydrogen) atoms. The normalized spacial score (nSPS) is 11.6. The number of aromatic amines is 1. The lowest BCUT2D eigenvalue weighted by atomic mass is 10.2. The summed E-state index contributed by atoms with van der Waals surface area (Å²) in [7, 11) is 0. The Balaban J connectivity index is 1.67. The fourth-order valence-corrected chi connectivity index (χ4v) is 3.04. The van der Waals surface area contributed by atoms with Crippen molar-refractivity contribution in [3.05, 3.63) is 69.2 Å². The van der Waals surface area contributed by atoms with E-state index < -0.39 is 0 Å². The molecule has 0 fully saturated rings. The van der Waals surface area contributed by atoms with Gasteiger partial charge in [0, 0.05) is 4.47 Å². The van der Waals surface area contributed by atoms with Crippen LogP contribution in [0.1, 0.15) is 11.4 Å². The zero-order chi connectivity index (χ0) is 17.2. The first-order valence-corrected chi connectivity index (χ1v) is 8.65. The van der Waals surface area contributed by atoms with Gasteiger partial charge in [-0.2, -0.15) is 14.9 Å². The second-order valence-corrected chi connectivity index (χ2v) is 6.59. The highest BCUT2D eigenvalue weighted by Gasteiger charge is 2.10. The Morgan fingerprint density at radius 3 is 2.96 bits per heavy atom. The molecule has 0 aliphatic carbocycles. The quantitative estimate of drug-likeness (QED) is 0.410. The van der Waals surface area contributed by atoms with Crippen molar-refractivity contribution < 1.29 is 0 Å². The molecule has 4 rings (SSSR count). The van der Waals surface area contributed by atoms with Crippen LogP contribution in [0.2, 0.25) is 0 Å². The number of hydrogen-bond donors (Lipinski definition) is 1. The predicted molar refractivity (Wildman–Crippen MR) is 101 cm³/mol. The van der Waals surface area contributed by atoms with Crippen molar-refractivity contribution in [3.63, 3.8) is 0 Å². The second-order valence-electron chi connectivity index (χ2n) is 5.29. The predicted octanol–water partition coefficient (Wildman–Crippen LogP) is 3.38. The van der Waals surface area contributed by atoms with Crippen LogP contribution >= 0.6 is 28.1 Å². The number of aromatic nitrogens is 6. The molecule has 0 spiro atoms. The third-order valence-corrected chi connectivity index (χ3v) is 4.36. The highest BCUT2D eigenvalue weighted by Crippen LogP contribution is 2.12. The number of nitrogens with zero attached hydrogens (tertiary/aromatic N) is 6. The second kappa shape index (κ2) is 6.69. The number of rotatable bonds is 4. The van der Waals surface area contributed by atoms with Gasteiger partial charge < -0.3 is 0 Å². The van der Waals surface area contributed by atoms with Crippen molar-refractivity contribution in [2.24, 2.45) is 5.10 Å². The van der Waals surface area contributed by atoms with Gasteiger partial charge in [0.05, 0.1) is 11.7 Å². The van der Waals surface area contributed by atoms with Gasteiger partial charge >= 0.3 is 0 Å². The van der Waals surface area contributed by atoms with E-state index in [-0.39, 0.29) is 0 Å². The molecule has 0 atom stereocenters. The van der Waals surface area contributed by atoms with Gasteiger partial charge in [-0.15, -0.1) is 5.10 Å². The Bertz CT molecular complexity index is 1120. The molecule has 4 aromatic rings. The molecule has 0 saturated carbocycles. The van der Waals surface area contributed by atoms with E-state index >= 15 is 0 Å². The Morgan fingerprint density at radius 2 is 2.08 bits per heavy atom. The number of fused-ring (bicyclic) bond motifs is 1. The van der Waals surface area contributed by atoms with E-state index in [1.165, 1.54) is 0 Å². The first-order chi connectivity index (χ1) is 12.2. The molecule has 0 aliphatic heterocycles. The summed E-state index contributed by atoms with van der Waals surface area (Å²) in [5.41, 5.74) is 2.72. The van der Waals surface area contributed by atoms with E-state index in [9.17, 15) is 0 Å². The molecule has 1 N–H and O–H groups in total. The molecular formula is C16H12BrN7S. The van der Waals surface area contributed by atoms with Gasteiger partial charge in [0.15, 0.2) is 5.82 Å². The van der Waals surface area contributed by atoms with Crippen LogP contribution < -0.4 is 0 Å². The fraction of sp³-hybridized carbons (Fsp3) is 0.0625. The van der Waals surface area contributed by atoms with Gasteiger partial charge in [0.1, 0.15) is 12.1 Å². The molecule has 2 aromatic heterocycles. The number of para-hydroxylation sites is 1. The van der Waals surface area contributed by atoms with Crippen LogP contribution in [0, 0.1) is 4.77 Å². The van der Waals surface area contributed by atoms with E-state index in [2.05, 4.69) is 41.5 Å². The largest absolute Gasteiger partial charge is 0.250 e. The van der Waals surface area contributed by atoms with Crippen LogP contribution in [-0.4, -0.2) is 36.1 Å². The lowest BCUT2D eigenvalue weighted by Crippen LogP contribution is -2.08. The standard InChI is InChI=1S/C16H12BrN7S/c17-12-5-3-4-11(8-12)9-18-24-15(20-21-16(24)25)10-23-14-7-2-1-6-13(14)19-22-23/h1-9H,10H2,(H,21,25)/b18-9-. The zero-order valence-electron chi connectivity index (χ0n) is 12.9. The summed E-state index contributed by atoms with van der Waals surface area (Å²) < 4.78 is 4.77. The first kappa shape index (κ1) is 15.9. The first-order valence-electron chi connectivity index (χ1n) is 7.45.